The molecule has 0 aliphatic carbocycles. The van der Waals surface area contributed by atoms with Gasteiger partial charge in [-0.3, -0.25) is 37.3 Å². The third-order valence-electron chi connectivity index (χ3n) is 19.8. The van der Waals surface area contributed by atoms with Crippen LogP contribution < -0.4 is 0 Å². The summed E-state index contributed by atoms with van der Waals surface area (Å²) in [4.78, 5) is 73.1. The second-order valence-electron chi connectivity index (χ2n) is 31.0. The molecular formula is C82H160O17P2. The van der Waals surface area contributed by atoms with Crippen molar-refractivity contribution in [1.82, 2.24) is 0 Å². The van der Waals surface area contributed by atoms with Gasteiger partial charge in [0.1, 0.15) is 19.3 Å². The van der Waals surface area contributed by atoms with Crippen LogP contribution in [0.5, 0.6) is 0 Å². The normalized spacial score (nSPS) is 14.5. The van der Waals surface area contributed by atoms with Gasteiger partial charge in [0.25, 0.3) is 0 Å². The number of aliphatic hydroxyl groups excluding tert-OH is 1. The van der Waals surface area contributed by atoms with Crippen LogP contribution in [0.4, 0.5) is 0 Å². The van der Waals surface area contributed by atoms with E-state index in [1.165, 1.54) is 218 Å². The lowest BCUT2D eigenvalue weighted by Crippen LogP contribution is -2.30. The monoisotopic (exact) mass is 1480 g/mol. The zero-order valence-corrected chi connectivity index (χ0v) is 68.3. The van der Waals surface area contributed by atoms with Gasteiger partial charge in [0, 0.05) is 25.7 Å². The van der Waals surface area contributed by atoms with Gasteiger partial charge in [0.2, 0.25) is 0 Å². The van der Waals surface area contributed by atoms with Crippen molar-refractivity contribution in [3.8, 4) is 0 Å². The Labute approximate surface area is 619 Å². The second-order valence-corrected chi connectivity index (χ2v) is 33.9. The van der Waals surface area contributed by atoms with Crippen LogP contribution >= 0.6 is 15.6 Å². The number of esters is 4. The largest absolute Gasteiger partial charge is 0.472 e. The molecule has 0 aromatic rings. The van der Waals surface area contributed by atoms with Gasteiger partial charge in [0.15, 0.2) is 12.2 Å². The fraction of sp³-hybridized carbons (Fsp3) is 0.951. The van der Waals surface area contributed by atoms with E-state index in [1.807, 2.05) is 0 Å². The van der Waals surface area contributed by atoms with Gasteiger partial charge in [0.05, 0.1) is 26.4 Å². The molecule has 3 N–H and O–H groups in total. The summed E-state index contributed by atoms with van der Waals surface area (Å²) in [6, 6.07) is 0. The number of unbranched alkanes of at least 4 members (excludes halogenated alkanes) is 43. The van der Waals surface area contributed by atoms with Crippen LogP contribution in [0.3, 0.4) is 0 Å². The molecule has 0 spiro atoms. The molecule has 0 saturated heterocycles. The van der Waals surface area contributed by atoms with E-state index in [-0.39, 0.29) is 25.7 Å². The standard InChI is InChI=1S/C82H160O17P2/c1-9-74(7)60-52-44-36-30-24-18-15-16-20-26-33-39-49-57-64-81(86)98-77(68-92-79(84)62-54-46-37-31-27-21-23-29-35-43-51-59-73(5)6)70-96-100(88,89)94-66-76(83)67-95-101(90,91)97-71-78(69-93-80(85)63-55-47-41-40-45-53-61-75(8)10-2)99-82(87)65-56-48-38-32-25-19-14-12-11-13-17-22-28-34-42-50-58-72(3)4/h72-78,83H,9-71H2,1-8H3,(H,88,89)(H,90,91)/t74?,75?,76-,77-,78-/m1/s1. The van der Waals surface area contributed by atoms with Crippen LogP contribution in [-0.2, 0) is 65.4 Å². The Morgan fingerprint density at radius 1 is 0.277 bits per heavy atom. The Morgan fingerprint density at radius 3 is 0.703 bits per heavy atom. The summed E-state index contributed by atoms with van der Waals surface area (Å²) in [6.45, 7) is 14.3. The fourth-order valence-corrected chi connectivity index (χ4v) is 14.1. The smallest absolute Gasteiger partial charge is 0.462 e. The Hall–Kier alpha value is -1.94. The molecule has 0 aromatic heterocycles. The molecule has 0 heterocycles. The summed E-state index contributed by atoms with van der Waals surface area (Å²) in [5.41, 5.74) is 0. The third kappa shape index (κ3) is 73.4. The number of ether oxygens (including phenoxy) is 4. The van der Waals surface area contributed by atoms with Gasteiger partial charge < -0.3 is 33.8 Å². The van der Waals surface area contributed by atoms with Gasteiger partial charge >= 0.3 is 39.5 Å². The number of hydrogen-bond donors (Lipinski definition) is 3. The molecule has 0 aliphatic heterocycles. The van der Waals surface area contributed by atoms with Crippen LogP contribution in [0.2, 0.25) is 0 Å². The summed E-state index contributed by atoms with van der Waals surface area (Å²) >= 11 is 0. The molecule has 0 saturated carbocycles. The Bertz CT molecular complexity index is 1980. The predicted molar refractivity (Wildman–Crippen MR) is 414 cm³/mol. The first-order valence-electron chi connectivity index (χ1n) is 42.3. The second kappa shape index (κ2) is 71.0. The van der Waals surface area contributed by atoms with Crippen LogP contribution in [0.1, 0.15) is 421 Å². The SMILES string of the molecule is CCC(C)CCCCCCCCCCCCCCCCC(=O)O[C@H](COC(=O)CCCCCCCCCCCCCC(C)C)COP(=O)(O)OC[C@@H](O)COP(=O)(O)OC[C@@H](COC(=O)CCCCCCCCC(C)CC)OC(=O)CCCCCCCCCCCCCCCCCCC(C)C. The van der Waals surface area contributed by atoms with E-state index in [4.69, 9.17) is 37.0 Å². The lowest BCUT2D eigenvalue weighted by Gasteiger charge is -2.21. The molecule has 0 aliphatic rings. The topological polar surface area (TPSA) is 237 Å². The number of aliphatic hydroxyl groups is 1. The Kier molecular flexibility index (Phi) is 69.6. The molecule has 7 atom stereocenters. The lowest BCUT2D eigenvalue weighted by atomic mass is 9.99. The van der Waals surface area contributed by atoms with Gasteiger partial charge in [-0.2, -0.15) is 0 Å². The molecule has 600 valence electrons. The molecule has 17 nitrogen and oxygen atoms in total. The fourth-order valence-electron chi connectivity index (χ4n) is 12.5. The van der Waals surface area contributed by atoms with Crippen molar-refractivity contribution < 1.29 is 80.2 Å². The molecule has 0 fully saturated rings. The maximum atomic E-state index is 13.1. The molecule has 0 aromatic carbocycles. The zero-order chi connectivity index (χ0) is 74.6. The quantitative estimate of drug-likeness (QED) is 0.0222. The average Bonchev–Trinajstić information content (AvgIpc) is 0.943. The van der Waals surface area contributed by atoms with Crippen molar-refractivity contribution in [3.05, 3.63) is 0 Å². The maximum Gasteiger partial charge on any atom is 0.472 e. The molecule has 0 bridgehead atoms. The highest BCUT2D eigenvalue weighted by atomic mass is 31.2. The number of carbonyl (C=O) groups is 4. The average molecular weight is 1480 g/mol. The van der Waals surface area contributed by atoms with E-state index in [0.29, 0.717) is 25.7 Å². The van der Waals surface area contributed by atoms with Crippen molar-refractivity contribution in [2.45, 2.75) is 440 Å². The highest BCUT2D eigenvalue weighted by Gasteiger charge is 2.30. The summed E-state index contributed by atoms with van der Waals surface area (Å²) < 4.78 is 68.8. The molecule has 4 unspecified atom stereocenters. The molecule has 0 radical (unpaired) electrons. The minimum atomic E-state index is -4.96. The van der Waals surface area contributed by atoms with Gasteiger partial charge in [-0.15, -0.1) is 0 Å². The number of hydrogen-bond acceptors (Lipinski definition) is 15. The zero-order valence-electron chi connectivity index (χ0n) is 66.5. The van der Waals surface area contributed by atoms with E-state index >= 15 is 0 Å². The molecule has 0 amide bonds. The van der Waals surface area contributed by atoms with Crippen LogP contribution in [-0.4, -0.2) is 96.7 Å². The number of carbonyl (C=O) groups excluding carboxylic acids is 4. The van der Waals surface area contributed by atoms with E-state index in [1.54, 1.807) is 0 Å². The summed E-state index contributed by atoms with van der Waals surface area (Å²) in [5.74, 6) is 1.04. The van der Waals surface area contributed by atoms with E-state index in [2.05, 4.69) is 55.4 Å². The number of phosphoric acid groups is 2. The summed E-state index contributed by atoms with van der Waals surface area (Å²) in [6.07, 6.45) is 58.2. The van der Waals surface area contributed by atoms with Crippen molar-refractivity contribution in [1.29, 1.82) is 0 Å². The predicted octanol–water partition coefficient (Wildman–Crippen LogP) is 24.4. The highest BCUT2D eigenvalue weighted by molar-refractivity contribution is 7.47. The van der Waals surface area contributed by atoms with Crippen molar-refractivity contribution in [3.63, 3.8) is 0 Å². The van der Waals surface area contributed by atoms with E-state index in [0.717, 1.165) is 120 Å². The first-order chi connectivity index (χ1) is 48.7. The van der Waals surface area contributed by atoms with Crippen LogP contribution in [0.25, 0.3) is 0 Å². The summed E-state index contributed by atoms with van der Waals surface area (Å²) in [7, 11) is -9.92. The van der Waals surface area contributed by atoms with Crippen molar-refractivity contribution >= 4 is 39.5 Å². The number of rotatable bonds is 79. The molecular weight excluding hydrogens is 1320 g/mol. The van der Waals surface area contributed by atoms with Crippen molar-refractivity contribution in [2.24, 2.45) is 23.7 Å². The van der Waals surface area contributed by atoms with Gasteiger partial charge in [-0.25, -0.2) is 9.13 Å². The van der Waals surface area contributed by atoms with Gasteiger partial charge in [-0.05, 0) is 49.4 Å². The minimum absolute atomic E-state index is 0.107. The van der Waals surface area contributed by atoms with E-state index < -0.39 is 97.5 Å². The Morgan fingerprint density at radius 2 is 0.475 bits per heavy atom. The van der Waals surface area contributed by atoms with Crippen molar-refractivity contribution in [2.75, 3.05) is 39.6 Å². The van der Waals surface area contributed by atoms with Gasteiger partial charge in [-0.1, -0.05) is 370 Å². The van der Waals surface area contributed by atoms with Crippen LogP contribution in [0.15, 0.2) is 0 Å². The molecule has 0 rings (SSSR count). The summed E-state index contributed by atoms with van der Waals surface area (Å²) in [5, 5.41) is 10.6. The molecule has 101 heavy (non-hydrogen) atoms. The first-order valence-corrected chi connectivity index (χ1v) is 45.3. The third-order valence-corrected chi connectivity index (χ3v) is 21.7. The number of phosphoric ester groups is 2. The Balaban J connectivity index is 5.24. The minimum Gasteiger partial charge on any atom is -0.462 e. The maximum absolute atomic E-state index is 13.1. The van der Waals surface area contributed by atoms with Crippen LogP contribution in [0, 0.1) is 23.7 Å². The first kappa shape index (κ1) is 99.1. The van der Waals surface area contributed by atoms with E-state index in [9.17, 15) is 43.2 Å². The lowest BCUT2D eigenvalue weighted by molar-refractivity contribution is -0.161. The highest BCUT2D eigenvalue weighted by Crippen LogP contribution is 2.45. The molecule has 19 heteroatoms.